The number of hydrogen-bond acceptors (Lipinski definition) is 5. The lowest BCUT2D eigenvalue weighted by molar-refractivity contribution is -0.384. The van der Waals surface area contributed by atoms with E-state index in [1.165, 1.54) is 25.3 Å². The van der Waals surface area contributed by atoms with E-state index < -0.39 is 10.9 Å². The number of nitro benzene ring substituents is 1. The van der Waals surface area contributed by atoms with Gasteiger partial charge in [-0.05, 0) is 6.07 Å². The third kappa shape index (κ3) is 3.60. The van der Waals surface area contributed by atoms with Gasteiger partial charge in [0.1, 0.15) is 12.4 Å². The van der Waals surface area contributed by atoms with Crippen LogP contribution in [-0.2, 0) is 9.53 Å². The lowest BCUT2D eigenvalue weighted by Gasteiger charge is -2.06. The molecule has 6 nitrogen and oxygen atoms in total. The third-order valence-corrected chi connectivity index (χ3v) is 1.92. The molecule has 1 aromatic carbocycles. The van der Waals surface area contributed by atoms with Crippen molar-refractivity contribution in [2.45, 2.75) is 0 Å². The summed E-state index contributed by atoms with van der Waals surface area (Å²) in [6.45, 7) is 3.39. The topological polar surface area (TPSA) is 78.7 Å². The minimum absolute atomic E-state index is 0.0756. The van der Waals surface area contributed by atoms with Gasteiger partial charge in [-0.2, -0.15) is 0 Å². The predicted molar refractivity (Wildman–Crippen MR) is 59.7 cm³/mol. The normalized spacial score (nSPS) is 9.47. The molecule has 0 aliphatic carbocycles. The quantitative estimate of drug-likeness (QED) is 0.337. The third-order valence-electron chi connectivity index (χ3n) is 1.92. The van der Waals surface area contributed by atoms with Gasteiger partial charge in [0.25, 0.3) is 5.69 Å². The van der Waals surface area contributed by atoms with Gasteiger partial charge in [0.05, 0.1) is 23.7 Å². The largest absolute Gasteiger partial charge is 0.488 e. The molecule has 0 atom stereocenters. The number of non-ortho nitro benzene ring substituents is 1. The smallest absolute Gasteiger partial charge is 0.336 e. The van der Waals surface area contributed by atoms with E-state index in [1.54, 1.807) is 6.07 Å². The van der Waals surface area contributed by atoms with E-state index in [0.29, 0.717) is 5.75 Å². The molecule has 0 saturated carbocycles. The number of hydrogen-bond donors (Lipinski definition) is 0. The van der Waals surface area contributed by atoms with Crippen LogP contribution in [0.1, 0.15) is 0 Å². The number of ether oxygens (including phenoxy) is 2. The van der Waals surface area contributed by atoms with Gasteiger partial charge in [0, 0.05) is 6.07 Å². The maximum Gasteiger partial charge on any atom is 0.336 e. The van der Waals surface area contributed by atoms with E-state index in [1.807, 2.05) is 0 Å². The van der Waals surface area contributed by atoms with E-state index in [9.17, 15) is 14.9 Å². The highest BCUT2D eigenvalue weighted by Gasteiger charge is 2.09. The van der Waals surface area contributed by atoms with Gasteiger partial charge in [-0.1, -0.05) is 12.6 Å². The van der Waals surface area contributed by atoms with Crippen LogP contribution in [-0.4, -0.2) is 24.6 Å². The number of methoxy groups -OCH3 is 1. The van der Waals surface area contributed by atoms with Crippen LogP contribution in [0.2, 0.25) is 0 Å². The van der Waals surface area contributed by atoms with Crippen LogP contribution >= 0.6 is 0 Å². The molecular formula is C11H11NO5. The summed E-state index contributed by atoms with van der Waals surface area (Å²) in [7, 11) is 1.24. The maximum atomic E-state index is 11.0. The van der Waals surface area contributed by atoms with Crippen molar-refractivity contribution in [3.63, 3.8) is 0 Å². The molecule has 0 heterocycles. The van der Waals surface area contributed by atoms with Crippen LogP contribution in [0.25, 0.3) is 0 Å². The fraction of sp³-hybridized carbons (Fsp3) is 0.182. The highest BCUT2D eigenvalue weighted by molar-refractivity contribution is 5.87. The Bertz CT molecular complexity index is 455. The van der Waals surface area contributed by atoms with Crippen molar-refractivity contribution in [2.24, 2.45) is 0 Å². The number of carbonyl (C=O) groups is 1. The standard InChI is InChI=1S/C11H11NO5/c1-8(11(13)16-2)7-17-10-5-3-4-9(6-10)12(14)15/h3-6H,1,7H2,2H3. The molecule has 0 bridgehead atoms. The fourth-order valence-corrected chi connectivity index (χ4v) is 1.06. The van der Waals surface area contributed by atoms with Gasteiger partial charge in [-0.3, -0.25) is 10.1 Å². The van der Waals surface area contributed by atoms with Crippen molar-refractivity contribution in [1.29, 1.82) is 0 Å². The molecule has 0 aliphatic heterocycles. The average molecular weight is 237 g/mol. The van der Waals surface area contributed by atoms with Crippen molar-refractivity contribution < 1.29 is 19.2 Å². The van der Waals surface area contributed by atoms with E-state index in [-0.39, 0.29) is 17.9 Å². The number of rotatable bonds is 5. The lowest BCUT2D eigenvalue weighted by Crippen LogP contribution is -2.11. The molecule has 0 aromatic heterocycles. The zero-order chi connectivity index (χ0) is 12.8. The molecule has 0 saturated heterocycles. The minimum atomic E-state index is -0.574. The Labute approximate surface area is 97.6 Å². The second-order valence-corrected chi connectivity index (χ2v) is 3.14. The molecule has 0 amide bonds. The molecule has 1 rings (SSSR count). The van der Waals surface area contributed by atoms with Crippen LogP contribution in [0.3, 0.4) is 0 Å². The molecule has 1 aromatic rings. The number of nitrogens with zero attached hydrogens (tertiary/aromatic N) is 1. The highest BCUT2D eigenvalue weighted by atomic mass is 16.6. The number of nitro groups is 1. The van der Waals surface area contributed by atoms with Gasteiger partial charge in [0.15, 0.2) is 0 Å². The lowest BCUT2D eigenvalue weighted by atomic mass is 10.3. The number of esters is 1. The highest BCUT2D eigenvalue weighted by Crippen LogP contribution is 2.19. The summed E-state index contributed by atoms with van der Waals surface area (Å²) in [5.41, 5.74) is 0.0604. The molecule has 17 heavy (non-hydrogen) atoms. The molecule has 0 N–H and O–H groups in total. The first-order chi connectivity index (χ1) is 8.04. The summed E-state index contributed by atoms with van der Waals surface area (Å²) < 4.78 is 9.61. The second kappa shape index (κ2) is 5.64. The Kier molecular flexibility index (Phi) is 4.21. The Morgan fingerprint density at radius 2 is 2.24 bits per heavy atom. The number of carbonyl (C=O) groups excluding carboxylic acids is 1. The van der Waals surface area contributed by atoms with Crippen LogP contribution in [0.5, 0.6) is 5.75 Å². The summed E-state index contributed by atoms with van der Waals surface area (Å²) in [6.07, 6.45) is 0. The van der Waals surface area contributed by atoms with Crippen LogP contribution < -0.4 is 4.74 Å². The van der Waals surface area contributed by atoms with Crippen molar-refractivity contribution >= 4 is 11.7 Å². The first kappa shape index (κ1) is 12.7. The zero-order valence-corrected chi connectivity index (χ0v) is 9.21. The van der Waals surface area contributed by atoms with E-state index in [2.05, 4.69) is 11.3 Å². The van der Waals surface area contributed by atoms with Crippen molar-refractivity contribution in [2.75, 3.05) is 13.7 Å². The van der Waals surface area contributed by atoms with E-state index >= 15 is 0 Å². The zero-order valence-electron chi connectivity index (χ0n) is 9.21. The van der Waals surface area contributed by atoms with Crippen molar-refractivity contribution in [1.82, 2.24) is 0 Å². The Hall–Kier alpha value is -2.37. The van der Waals surface area contributed by atoms with Gasteiger partial charge in [-0.25, -0.2) is 4.79 Å². The summed E-state index contributed by atoms with van der Waals surface area (Å²) in [4.78, 5) is 21.0. The summed E-state index contributed by atoms with van der Waals surface area (Å²) in [6, 6.07) is 5.67. The summed E-state index contributed by atoms with van der Waals surface area (Å²) >= 11 is 0. The van der Waals surface area contributed by atoms with Crippen molar-refractivity contribution in [3.8, 4) is 5.75 Å². The Morgan fingerprint density at radius 3 is 2.82 bits per heavy atom. The first-order valence-electron chi connectivity index (χ1n) is 4.68. The minimum Gasteiger partial charge on any atom is -0.488 e. The molecular weight excluding hydrogens is 226 g/mol. The fourth-order valence-electron chi connectivity index (χ4n) is 1.06. The maximum absolute atomic E-state index is 11.0. The van der Waals surface area contributed by atoms with Crippen molar-refractivity contribution in [3.05, 3.63) is 46.5 Å². The van der Waals surface area contributed by atoms with E-state index in [4.69, 9.17) is 4.74 Å². The van der Waals surface area contributed by atoms with Gasteiger partial charge < -0.3 is 9.47 Å². The Morgan fingerprint density at radius 1 is 1.53 bits per heavy atom. The average Bonchev–Trinajstić information content (AvgIpc) is 2.35. The SMILES string of the molecule is C=C(COc1cccc([N+](=O)[O-])c1)C(=O)OC. The van der Waals surface area contributed by atoms with Gasteiger partial charge in [0.2, 0.25) is 0 Å². The first-order valence-corrected chi connectivity index (χ1v) is 4.68. The summed E-state index contributed by atoms with van der Waals surface area (Å²) in [5, 5.41) is 10.5. The molecule has 0 fully saturated rings. The van der Waals surface area contributed by atoms with Gasteiger partial charge in [-0.15, -0.1) is 0 Å². The number of benzene rings is 1. The summed E-state index contributed by atoms with van der Waals surface area (Å²) in [5.74, 6) is -0.278. The molecule has 90 valence electrons. The van der Waals surface area contributed by atoms with E-state index in [0.717, 1.165) is 0 Å². The molecule has 0 radical (unpaired) electrons. The molecule has 0 aliphatic rings. The predicted octanol–water partition coefficient (Wildman–Crippen LogP) is 1.70. The molecule has 0 unspecified atom stereocenters. The Balaban J connectivity index is 2.64. The second-order valence-electron chi connectivity index (χ2n) is 3.14. The van der Waals surface area contributed by atoms with Crippen LogP contribution in [0.15, 0.2) is 36.4 Å². The van der Waals surface area contributed by atoms with Gasteiger partial charge >= 0.3 is 5.97 Å². The van der Waals surface area contributed by atoms with Crippen LogP contribution in [0, 0.1) is 10.1 Å². The monoisotopic (exact) mass is 237 g/mol. The van der Waals surface area contributed by atoms with Crippen LogP contribution in [0.4, 0.5) is 5.69 Å². The molecule has 0 spiro atoms. The molecule has 6 heteroatoms.